The first-order valence-electron chi connectivity index (χ1n) is 4.03. The van der Waals surface area contributed by atoms with Gasteiger partial charge in [0.2, 0.25) is 0 Å². The predicted molar refractivity (Wildman–Crippen MR) is 50.6 cm³/mol. The minimum absolute atomic E-state index is 0.0639. The number of aliphatic imine (C=N–C) groups is 1. The van der Waals surface area contributed by atoms with Crippen LogP contribution in [0.1, 0.15) is 20.8 Å². The van der Waals surface area contributed by atoms with Gasteiger partial charge in [0.05, 0.1) is 17.7 Å². The number of carbonyl (C=O) groups excluding carboxylic acids is 1. The van der Waals surface area contributed by atoms with Crippen molar-refractivity contribution >= 4 is 22.8 Å². The third-order valence-electron chi connectivity index (χ3n) is 1.64. The Bertz CT molecular complexity index is 215. The highest BCUT2D eigenvalue weighted by molar-refractivity contribution is 8.15. The third kappa shape index (κ3) is 2.00. The SMILES string of the molecule is CCOC(=O)C1SC(C)=NC1C. The summed E-state index contributed by atoms with van der Waals surface area (Å²) in [5, 5.41) is 0.852. The van der Waals surface area contributed by atoms with Crippen LogP contribution in [0.25, 0.3) is 0 Å². The van der Waals surface area contributed by atoms with Gasteiger partial charge in [0, 0.05) is 0 Å². The molecule has 0 saturated carbocycles. The van der Waals surface area contributed by atoms with E-state index < -0.39 is 0 Å². The van der Waals surface area contributed by atoms with Gasteiger partial charge in [-0.1, -0.05) is 11.8 Å². The van der Waals surface area contributed by atoms with E-state index in [9.17, 15) is 4.79 Å². The van der Waals surface area contributed by atoms with Gasteiger partial charge in [0.15, 0.2) is 0 Å². The van der Waals surface area contributed by atoms with Gasteiger partial charge in [-0.25, -0.2) is 0 Å². The molecule has 0 radical (unpaired) electrons. The lowest BCUT2D eigenvalue weighted by Crippen LogP contribution is -2.26. The number of thioether (sulfide) groups is 1. The highest BCUT2D eigenvalue weighted by Gasteiger charge is 2.32. The molecule has 0 aromatic rings. The van der Waals surface area contributed by atoms with E-state index in [4.69, 9.17) is 4.74 Å². The first-order valence-corrected chi connectivity index (χ1v) is 4.90. The van der Waals surface area contributed by atoms with Gasteiger partial charge < -0.3 is 4.74 Å². The average Bonchev–Trinajstić information content (AvgIpc) is 2.30. The fourth-order valence-corrected chi connectivity index (χ4v) is 2.15. The fraction of sp³-hybridized carbons (Fsp3) is 0.750. The molecule has 4 heteroatoms. The predicted octanol–water partition coefficient (Wildman–Crippen LogP) is 1.47. The smallest absolute Gasteiger partial charge is 0.321 e. The van der Waals surface area contributed by atoms with Crippen molar-refractivity contribution in [2.75, 3.05) is 6.61 Å². The highest BCUT2D eigenvalue weighted by atomic mass is 32.2. The van der Waals surface area contributed by atoms with Crippen LogP contribution in [-0.2, 0) is 9.53 Å². The Balaban J connectivity index is 2.51. The molecule has 0 aromatic heterocycles. The molecule has 1 aliphatic rings. The second-order valence-corrected chi connectivity index (χ2v) is 4.01. The van der Waals surface area contributed by atoms with Crippen molar-refractivity contribution in [2.24, 2.45) is 4.99 Å². The summed E-state index contributed by atoms with van der Waals surface area (Å²) in [7, 11) is 0. The zero-order valence-corrected chi connectivity index (χ0v) is 8.35. The van der Waals surface area contributed by atoms with Crippen LogP contribution in [0, 0.1) is 0 Å². The molecule has 0 amide bonds. The van der Waals surface area contributed by atoms with Crippen molar-refractivity contribution in [3.05, 3.63) is 0 Å². The number of rotatable bonds is 2. The minimum atomic E-state index is -0.143. The van der Waals surface area contributed by atoms with Crippen molar-refractivity contribution in [1.82, 2.24) is 0 Å². The Labute approximate surface area is 76.6 Å². The fourth-order valence-electron chi connectivity index (χ4n) is 1.14. The van der Waals surface area contributed by atoms with Crippen LogP contribution in [0.5, 0.6) is 0 Å². The number of nitrogens with zero attached hydrogens (tertiary/aromatic N) is 1. The maximum Gasteiger partial charge on any atom is 0.321 e. The van der Waals surface area contributed by atoms with Gasteiger partial charge in [-0.05, 0) is 20.8 Å². The number of carbonyl (C=O) groups is 1. The monoisotopic (exact) mass is 187 g/mol. The van der Waals surface area contributed by atoms with Gasteiger partial charge in [-0.3, -0.25) is 9.79 Å². The number of esters is 1. The molecule has 1 rings (SSSR count). The largest absolute Gasteiger partial charge is 0.465 e. The quantitative estimate of drug-likeness (QED) is 0.614. The molecule has 0 aliphatic carbocycles. The second-order valence-electron chi connectivity index (χ2n) is 2.68. The Morgan fingerprint density at radius 2 is 2.42 bits per heavy atom. The van der Waals surface area contributed by atoms with E-state index in [-0.39, 0.29) is 17.3 Å². The van der Waals surface area contributed by atoms with Gasteiger partial charge in [-0.2, -0.15) is 0 Å². The summed E-state index contributed by atoms with van der Waals surface area (Å²) < 4.78 is 4.91. The minimum Gasteiger partial charge on any atom is -0.465 e. The average molecular weight is 187 g/mol. The molecule has 12 heavy (non-hydrogen) atoms. The van der Waals surface area contributed by atoms with Crippen LogP contribution in [0.3, 0.4) is 0 Å². The van der Waals surface area contributed by atoms with Crippen molar-refractivity contribution in [1.29, 1.82) is 0 Å². The Morgan fingerprint density at radius 3 is 2.83 bits per heavy atom. The molecule has 0 saturated heterocycles. The summed E-state index contributed by atoms with van der Waals surface area (Å²) >= 11 is 1.50. The Morgan fingerprint density at radius 1 is 1.75 bits per heavy atom. The molecule has 2 atom stereocenters. The molecule has 0 fully saturated rings. The van der Waals surface area contributed by atoms with Crippen LogP contribution in [0.4, 0.5) is 0 Å². The van der Waals surface area contributed by atoms with Gasteiger partial charge in [0.25, 0.3) is 0 Å². The number of hydrogen-bond acceptors (Lipinski definition) is 4. The number of hydrogen-bond donors (Lipinski definition) is 0. The van der Waals surface area contributed by atoms with E-state index in [1.54, 1.807) is 0 Å². The van der Waals surface area contributed by atoms with Crippen LogP contribution in [0.2, 0.25) is 0 Å². The Kier molecular flexibility index (Phi) is 3.14. The number of ether oxygens (including phenoxy) is 1. The van der Waals surface area contributed by atoms with Gasteiger partial charge in [-0.15, -0.1) is 0 Å². The van der Waals surface area contributed by atoms with Crippen molar-refractivity contribution in [3.63, 3.8) is 0 Å². The van der Waals surface area contributed by atoms with Crippen molar-refractivity contribution in [2.45, 2.75) is 32.1 Å². The van der Waals surface area contributed by atoms with E-state index in [1.807, 2.05) is 20.8 Å². The molecular weight excluding hydrogens is 174 g/mol. The molecule has 0 bridgehead atoms. The van der Waals surface area contributed by atoms with Gasteiger partial charge >= 0.3 is 5.97 Å². The zero-order chi connectivity index (χ0) is 9.14. The molecule has 0 N–H and O–H groups in total. The molecule has 1 aliphatic heterocycles. The summed E-state index contributed by atoms with van der Waals surface area (Å²) in [5.41, 5.74) is 0. The van der Waals surface area contributed by atoms with E-state index in [2.05, 4.69) is 4.99 Å². The lowest BCUT2D eigenvalue weighted by atomic mass is 10.2. The molecule has 3 nitrogen and oxygen atoms in total. The van der Waals surface area contributed by atoms with E-state index in [1.165, 1.54) is 11.8 Å². The summed E-state index contributed by atoms with van der Waals surface area (Å²) in [6.07, 6.45) is 0. The van der Waals surface area contributed by atoms with Crippen molar-refractivity contribution < 1.29 is 9.53 Å². The summed E-state index contributed by atoms with van der Waals surface area (Å²) in [6, 6.07) is 0.0639. The lowest BCUT2D eigenvalue weighted by molar-refractivity contribution is -0.142. The van der Waals surface area contributed by atoms with Crippen molar-refractivity contribution in [3.8, 4) is 0 Å². The lowest BCUT2D eigenvalue weighted by Gasteiger charge is -2.10. The highest BCUT2D eigenvalue weighted by Crippen LogP contribution is 2.27. The standard InChI is InChI=1S/C8H13NO2S/c1-4-11-8(10)7-5(2)9-6(3)12-7/h5,7H,4H2,1-3H3. The van der Waals surface area contributed by atoms with Crippen LogP contribution < -0.4 is 0 Å². The summed E-state index contributed by atoms with van der Waals surface area (Å²) in [5.74, 6) is -0.143. The van der Waals surface area contributed by atoms with E-state index in [0.29, 0.717) is 6.61 Å². The second kappa shape index (κ2) is 3.94. The molecule has 68 valence electrons. The van der Waals surface area contributed by atoms with Gasteiger partial charge in [0.1, 0.15) is 5.25 Å². The van der Waals surface area contributed by atoms with Crippen LogP contribution >= 0.6 is 11.8 Å². The molecule has 1 heterocycles. The van der Waals surface area contributed by atoms with Crippen LogP contribution in [-0.4, -0.2) is 28.9 Å². The summed E-state index contributed by atoms with van der Waals surface area (Å²) in [6.45, 7) is 6.11. The summed E-state index contributed by atoms with van der Waals surface area (Å²) in [4.78, 5) is 15.5. The third-order valence-corrected chi connectivity index (χ3v) is 2.93. The van der Waals surface area contributed by atoms with E-state index >= 15 is 0 Å². The first kappa shape index (κ1) is 9.58. The first-order chi connectivity index (χ1) is 5.65. The molecule has 0 spiro atoms. The molecule has 2 unspecified atom stereocenters. The zero-order valence-electron chi connectivity index (χ0n) is 7.53. The van der Waals surface area contributed by atoms with E-state index in [0.717, 1.165) is 5.04 Å². The Hall–Kier alpha value is -0.510. The molecular formula is C8H13NO2S. The maximum atomic E-state index is 11.3. The molecule has 0 aromatic carbocycles. The van der Waals surface area contributed by atoms with Crippen LogP contribution in [0.15, 0.2) is 4.99 Å². The normalized spacial score (nSPS) is 28.4. The topological polar surface area (TPSA) is 38.7 Å². The maximum absolute atomic E-state index is 11.3.